The summed E-state index contributed by atoms with van der Waals surface area (Å²) in [6.45, 7) is 4.57. The lowest BCUT2D eigenvalue weighted by atomic mass is 10.0. The van der Waals surface area contributed by atoms with Crippen molar-refractivity contribution < 1.29 is 32.9 Å². The first-order valence-corrected chi connectivity index (χ1v) is 28.7. The molecule has 0 aromatic rings. The fourth-order valence-corrected chi connectivity index (χ4v) is 8.82. The van der Waals surface area contributed by atoms with Gasteiger partial charge in [-0.15, -0.1) is 0 Å². The molecule has 0 aliphatic heterocycles. The lowest BCUT2D eigenvalue weighted by Gasteiger charge is -2.29. The number of amides is 1. The minimum absolute atomic E-state index is 0.00470. The molecule has 0 rings (SSSR count). The topological polar surface area (TPSA) is 108 Å². The second kappa shape index (κ2) is 46.1. The number of allylic oxidation sites excluding steroid dienone is 3. The van der Waals surface area contributed by atoms with Crippen molar-refractivity contribution in [2.75, 3.05) is 40.9 Å². The van der Waals surface area contributed by atoms with Crippen LogP contribution in [0.5, 0.6) is 0 Å². The molecule has 0 radical (unpaired) electrons. The van der Waals surface area contributed by atoms with Gasteiger partial charge in [-0.3, -0.25) is 9.36 Å². The third-order valence-corrected chi connectivity index (χ3v) is 13.4. The number of phosphoric acid groups is 1. The number of likely N-dealkylation sites (N-methyl/N-ethyl adjacent to an activating group) is 1. The van der Waals surface area contributed by atoms with Crippen LogP contribution in [0.15, 0.2) is 24.3 Å². The minimum Gasteiger partial charge on any atom is -0.756 e. The highest BCUT2D eigenvalue weighted by molar-refractivity contribution is 7.45. The molecule has 8 nitrogen and oxygen atoms in total. The van der Waals surface area contributed by atoms with E-state index in [1.165, 1.54) is 205 Å². The molecule has 2 N–H and O–H groups in total. The highest BCUT2D eigenvalue weighted by atomic mass is 31.2. The van der Waals surface area contributed by atoms with Crippen LogP contribution < -0.4 is 10.2 Å². The molecule has 1 amide bonds. The predicted octanol–water partition coefficient (Wildman–Crippen LogP) is 15.4. The summed E-state index contributed by atoms with van der Waals surface area (Å²) in [5.41, 5.74) is 0. The third kappa shape index (κ3) is 48.7. The molecule has 0 aliphatic rings. The second-order valence-electron chi connectivity index (χ2n) is 19.9. The Hall–Kier alpha value is -1.02. The van der Waals surface area contributed by atoms with Crippen LogP contribution in [0, 0.1) is 0 Å². The molecule has 9 heteroatoms. The van der Waals surface area contributed by atoms with E-state index in [-0.39, 0.29) is 19.1 Å². The van der Waals surface area contributed by atoms with Crippen molar-refractivity contribution in [1.29, 1.82) is 0 Å². The van der Waals surface area contributed by atoms with Crippen LogP contribution in [0.3, 0.4) is 0 Å². The van der Waals surface area contributed by atoms with E-state index < -0.39 is 20.0 Å². The van der Waals surface area contributed by atoms with E-state index >= 15 is 0 Å². The fraction of sp³-hybridized carbons (Fsp3) is 0.907. The largest absolute Gasteiger partial charge is 0.756 e. The van der Waals surface area contributed by atoms with Crippen LogP contribution in [-0.2, 0) is 18.4 Å². The van der Waals surface area contributed by atoms with Gasteiger partial charge in [-0.25, -0.2) is 0 Å². The van der Waals surface area contributed by atoms with Gasteiger partial charge in [-0.2, -0.15) is 0 Å². The van der Waals surface area contributed by atoms with Crippen LogP contribution in [-0.4, -0.2) is 68.5 Å². The maximum absolute atomic E-state index is 12.8. The van der Waals surface area contributed by atoms with Gasteiger partial charge >= 0.3 is 0 Å². The first-order chi connectivity index (χ1) is 30.5. The zero-order chi connectivity index (χ0) is 46.4. The number of unbranched alkanes of at least 4 members (excludes halogenated alkanes) is 35. The van der Waals surface area contributed by atoms with E-state index in [2.05, 4.69) is 31.3 Å². The number of nitrogens with zero attached hydrogens (tertiary/aromatic N) is 1. The van der Waals surface area contributed by atoms with Crippen molar-refractivity contribution in [3.05, 3.63) is 24.3 Å². The van der Waals surface area contributed by atoms with E-state index in [0.717, 1.165) is 38.5 Å². The highest BCUT2D eigenvalue weighted by Crippen LogP contribution is 2.38. The average Bonchev–Trinajstić information content (AvgIpc) is 3.24. The summed E-state index contributed by atoms with van der Waals surface area (Å²) in [4.78, 5) is 25.3. The molecule has 0 bridgehead atoms. The quantitative estimate of drug-likeness (QED) is 0.0272. The molecular formula is C54H107N2O6P. The number of phosphoric ester groups is 1. The molecule has 3 atom stereocenters. The molecule has 0 saturated carbocycles. The molecule has 0 saturated heterocycles. The SMILES string of the molecule is CCCC/C=C/CC/C=C/C(O)C(COP(=O)([O-])OCC[N+](C)(C)C)NC(=O)CCCCCCCCCCCCCCCCCCCCCCCCCCCCCCCCCCC. The molecule has 0 aromatic carbocycles. The van der Waals surface area contributed by atoms with E-state index in [0.29, 0.717) is 17.4 Å². The van der Waals surface area contributed by atoms with Gasteiger partial charge in [0.05, 0.1) is 39.9 Å². The molecule has 0 aliphatic carbocycles. The molecular weight excluding hydrogens is 804 g/mol. The average molecular weight is 911 g/mol. The fourth-order valence-electron chi connectivity index (χ4n) is 8.10. The number of aliphatic hydroxyl groups is 1. The maximum Gasteiger partial charge on any atom is 0.268 e. The Kier molecular flexibility index (Phi) is 45.4. The summed E-state index contributed by atoms with van der Waals surface area (Å²) in [5, 5.41) is 13.7. The van der Waals surface area contributed by atoms with E-state index in [9.17, 15) is 19.4 Å². The van der Waals surface area contributed by atoms with Crippen LogP contribution in [0.2, 0.25) is 0 Å². The number of nitrogens with one attached hydrogen (secondary N) is 1. The Morgan fingerprint density at radius 3 is 1.27 bits per heavy atom. The predicted molar refractivity (Wildman–Crippen MR) is 270 cm³/mol. The van der Waals surface area contributed by atoms with Crippen molar-refractivity contribution in [3.8, 4) is 0 Å². The normalized spacial score (nSPS) is 14.2. The Morgan fingerprint density at radius 1 is 0.540 bits per heavy atom. The van der Waals surface area contributed by atoms with E-state index in [1.807, 2.05) is 27.2 Å². The number of rotatable bonds is 50. The van der Waals surface area contributed by atoms with Gasteiger partial charge < -0.3 is 28.8 Å². The summed E-state index contributed by atoms with van der Waals surface area (Å²) in [6.07, 6.45) is 57.3. The number of hydrogen-bond donors (Lipinski definition) is 2. The Morgan fingerprint density at radius 2 is 0.889 bits per heavy atom. The Labute approximate surface area is 392 Å². The molecule has 0 fully saturated rings. The highest BCUT2D eigenvalue weighted by Gasteiger charge is 2.23. The van der Waals surface area contributed by atoms with Gasteiger partial charge in [0.2, 0.25) is 5.91 Å². The van der Waals surface area contributed by atoms with Gasteiger partial charge in [-0.1, -0.05) is 256 Å². The van der Waals surface area contributed by atoms with Crippen molar-refractivity contribution in [3.63, 3.8) is 0 Å². The molecule has 0 spiro atoms. The molecule has 3 unspecified atom stereocenters. The lowest BCUT2D eigenvalue weighted by molar-refractivity contribution is -0.870. The molecule has 63 heavy (non-hydrogen) atoms. The number of carbonyl (C=O) groups is 1. The van der Waals surface area contributed by atoms with Crippen molar-refractivity contribution >= 4 is 13.7 Å². The van der Waals surface area contributed by atoms with Gasteiger partial charge in [0, 0.05) is 6.42 Å². The maximum atomic E-state index is 12.8. The van der Waals surface area contributed by atoms with Crippen LogP contribution in [0.25, 0.3) is 0 Å². The standard InChI is InChI=1S/C54H107N2O6P/c1-6-8-10-12-14-16-17-18-19-20-21-22-23-24-25-26-27-28-29-30-31-32-33-34-35-36-37-38-39-40-42-44-46-48-54(58)55-52(51-62-63(59,60)61-50-49-56(3,4)5)53(57)47-45-43-41-15-13-11-9-7-2/h13,15,45,47,52-53,57H,6-12,14,16-44,46,48-51H2,1-5H3,(H-,55,58,59,60)/b15-13+,47-45+. The summed E-state index contributed by atoms with van der Waals surface area (Å²) in [7, 11) is 1.25. The number of quaternary nitrogens is 1. The Balaban J connectivity index is 3.85. The smallest absolute Gasteiger partial charge is 0.268 e. The van der Waals surface area contributed by atoms with Gasteiger partial charge in [0.25, 0.3) is 7.82 Å². The number of hydrogen-bond acceptors (Lipinski definition) is 6. The van der Waals surface area contributed by atoms with Crippen molar-refractivity contribution in [1.82, 2.24) is 5.32 Å². The van der Waals surface area contributed by atoms with Crippen LogP contribution in [0.1, 0.15) is 264 Å². The first kappa shape index (κ1) is 62.0. The summed E-state index contributed by atoms with van der Waals surface area (Å²) in [5.74, 6) is -0.206. The number of aliphatic hydroxyl groups excluding tert-OH is 1. The summed E-state index contributed by atoms with van der Waals surface area (Å²) in [6, 6.07) is -0.897. The first-order valence-electron chi connectivity index (χ1n) is 27.2. The van der Waals surface area contributed by atoms with Gasteiger partial charge in [0.15, 0.2) is 0 Å². The zero-order valence-corrected chi connectivity index (χ0v) is 43.4. The van der Waals surface area contributed by atoms with E-state index in [4.69, 9.17) is 9.05 Å². The monoisotopic (exact) mass is 911 g/mol. The van der Waals surface area contributed by atoms with Crippen LogP contribution >= 0.6 is 7.82 Å². The minimum atomic E-state index is -4.59. The van der Waals surface area contributed by atoms with E-state index in [1.54, 1.807) is 6.08 Å². The molecule has 0 heterocycles. The summed E-state index contributed by atoms with van der Waals surface area (Å²) < 4.78 is 23.1. The third-order valence-electron chi connectivity index (χ3n) is 12.4. The van der Waals surface area contributed by atoms with Crippen molar-refractivity contribution in [2.24, 2.45) is 0 Å². The second-order valence-corrected chi connectivity index (χ2v) is 21.3. The van der Waals surface area contributed by atoms with Crippen LogP contribution in [0.4, 0.5) is 0 Å². The summed E-state index contributed by atoms with van der Waals surface area (Å²) >= 11 is 0. The van der Waals surface area contributed by atoms with Gasteiger partial charge in [0.1, 0.15) is 13.2 Å². The zero-order valence-electron chi connectivity index (χ0n) is 42.5. The van der Waals surface area contributed by atoms with Gasteiger partial charge in [-0.05, 0) is 25.7 Å². The molecule has 0 aromatic heterocycles. The molecule has 374 valence electrons. The Bertz CT molecular complexity index is 1080. The lowest BCUT2D eigenvalue weighted by Crippen LogP contribution is -2.45. The van der Waals surface area contributed by atoms with Crippen molar-refractivity contribution in [2.45, 2.75) is 276 Å². The number of carbonyl (C=O) groups excluding carboxylic acids is 1.